The zero-order valence-electron chi connectivity index (χ0n) is 13.1. The average Bonchev–Trinajstić information content (AvgIpc) is 2.47. The topological polar surface area (TPSA) is 58.3 Å². The highest BCUT2D eigenvalue weighted by atomic mass is 15.3. The molecule has 0 aliphatic carbocycles. The van der Waals surface area contributed by atoms with E-state index < -0.39 is 0 Å². The first kappa shape index (κ1) is 15.2. The lowest BCUT2D eigenvalue weighted by molar-refractivity contribution is 0.213. The first-order chi connectivity index (χ1) is 9.56. The Hall–Kier alpha value is -1.20. The lowest BCUT2D eigenvalue weighted by Crippen LogP contribution is -2.51. The molecule has 0 aromatic carbocycles. The molecule has 5 nitrogen and oxygen atoms in total. The Kier molecular flexibility index (Phi) is 4.94. The summed E-state index contributed by atoms with van der Waals surface area (Å²) in [5.41, 5.74) is 7.98. The van der Waals surface area contributed by atoms with Crippen molar-refractivity contribution >= 4 is 5.69 Å². The lowest BCUT2D eigenvalue weighted by Gasteiger charge is -2.40. The summed E-state index contributed by atoms with van der Waals surface area (Å²) in [4.78, 5) is 14.0. The number of anilines is 1. The van der Waals surface area contributed by atoms with E-state index in [1.54, 1.807) is 0 Å². The highest BCUT2D eigenvalue weighted by Gasteiger charge is 2.25. The second kappa shape index (κ2) is 6.50. The molecule has 1 aromatic heterocycles. The van der Waals surface area contributed by atoms with Crippen LogP contribution in [0.15, 0.2) is 6.20 Å². The van der Waals surface area contributed by atoms with Crippen LogP contribution >= 0.6 is 0 Å². The van der Waals surface area contributed by atoms with Gasteiger partial charge in [0, 0.05) is 38.1 Å². The third-order valence-corrected chi connectivity index (χ3v) is 4.16. The highest BCUT2D eigenvalue weighted by Crippen LogP contribution is 2.23. The second-order valence-electron chi connectivity index (χ2n) is 5.91. The van der Waals surface area contributed by atoms with Crippen molar-refractivity contribution in [3.05, 3.63) is 17.7 Å². The molecular weight excluding hydrogens is 250 g/mol. The standard InChI is InChI=1S/C15H27N5/c1-5-12-10-20(7-6-19(12)4)14-9-17-15(11(2)3)18-13(14)8-16/h9,11-12H,5-8,10,16H2,1-4H3. The molecule has 1 saturated heterocycles. The van der Waals surface area contributed by atoms with Crippen molar-refractivity contribution in [2.75, 3.05) is 31.6 Å². The van der Waals surface area contributed by atoms with Gasteiger partial charge in [0.25, 0.3) is 0 Å². The predicted octanol–water partition coefficient (Wildman–Crippen LogP) is 1.59. The minimum atomic E-state index is 0.338. The van der Waals surface area contributed by atoms with Crippen LogP contribution in [0.1, 0.15) is 44.6 Å². The summed E-state index contributed by atoms with van der Waals surface area (Å²) in [7, 11) is 2.20. The van der Waals surface area contributed by atoms with Gasteiger partial charge in [0.1, 0.15) is 5.82 Å². The molecule has 1 unspecified atom stereocenters. The molecule has 0 saturated carbocycles. The van der Waals surface area contributed by atoms with E-state index in [9.17, 15) is 0 Å². The number of piperazine rings is 1. The Balaban J connectivity index is 2.23. The molecule has 112 valence electrons. The molecule has 2 rings (SSSR count). The number of likely N-dealkylation sites (N-methyl/N-ethyl adjacent to an activating group) is 1. The molecular formula is C15H27N5. The Bertz CT molecular complexity index is 446. The maximum absolute atomic E-state index is 5.89. The Morgan fingerprint density at radius 1 is 1.40 bits per heavy atom. The zero-order chi connectivity index (χ0) is 14.7. The summed E-state index contributed by atoms with van der Waals surface area (Å²) in [6, 6.07) is 0.596. The Morgan fingerprint density at radius 3 is 2.75 bits per heavy atom. The number of rotatable bonds is 4. The van der Waals surface area contributed by atoms with Crippen molar-refractivity contribution < 1.29 is 0 Å². The number of hydrogen-bond acceptors (Lipinski definition) is 5. The van der Waals surface area contributed by atoms with Crippen molar-refractivity contribution in [3.8, 4) is 0 Å². The molecule has 20 heavy (non-hydrogen) atoms. The molecule has 5 heteroatoms. The van der Waals surface area contributed by atoms with Crippen molar-refractivity contribution in [3.63, 3.8) is 0 Å². The lowest BCUT2D eigenvalue weighted by atomic mass is 10.1. The van der Waals surface area contributed by atoms with Gasteiger partial charge in [0.15, 0.2) is 0 Å². The van der Waals surface area contributed by atoms with Gasteiger partial charge >= 0.3 is 0 Å². The molecule has 0 spiro atoms. The van der Waals surface area contributed by atoms with Gasteiger partial charge in [0.05, 0.1) is 17.6 Å². The monoisotopic (exact) mass is 277 g/mol. The number of hydrogen-bond donors (Lipinski definition) is 1. The molecule has 0 bridgehead atoms. The molecule has 0 amide bonds. The van der Waals surface area contributed by atoms with E-state index in [2.05, 4.69) is 47.6 Å². The van der Waals surface area contributed by atoms with E-state index in [0.29, 0.717) is 18.5 Å². The molecule has 0 radical (unpaired) electrons. The van der Waals surface area contributed by atoms with Gasteiger partial charge in [-0.2, -0.15) is 0 Å². The maximum atomic E-state index is 5.89. The third kappa shape index (κ3) is 3.10. The first-order valence-electron chi connectivity index (χ1n) is 7.57. The van der Waals surface area contributed by atoms with Crippen LogP contribution in [0.5, 0.6) is 0 Å². The van der Waals surface area contributed by atoms with Crippen molar-refractivity contribution in [1.82, 2.24) is 14.9 Å². The molecule has 1 aliphatic heterocycles. The quantitative estimate of drug-likeness (QED) is 0.905. The predicted molar refractivity (Wildman–Crippen MR) is 82.9 cm³/mol. The van der Waals surface area contributed by atoms with Crippen LogP contribution in [-0.2, 0) is 6.54 Å². The molecule has 1 aliphatic rings. The van der Waals surface area contributed by atoms with Gasteiger partial charge < -0.3 is 10.6 Å². The van der Waals surface area contributed by atoms with E-state index in [-0.39, 0.29) is 0 Å². The fraction of sp³-hybridized carbons (Fsp3) is 0.733. The average molecular weight is 277 g/mol. The smallest absolute Gasteiger partial charge is 0.131 e. The van der Waals surface area contributed by atoms with Gasteiger partial charge in [-0.3, -0.25) is 4.90 Å². The highest BCUT2D eigenvalue weighted by molar-refractivity contribution is 5.50. The third-order valence-electron chi connectivity index (χ3n) is 4.16. The summed E-state index contributed by atoms with van der Waals surface area (Å²) in [5, 5.41) is 0. The fourth-order valence-corrected chi connectivity index (χ4v) is 2.72. The van der Waals surface area contributed by atoms with Gasteiger partial charge in [0.2, 0.25) is 0 Å². The minimum Gasteiger partial charge on any atom is -0.366 e. The number of aromatic nitrogens is 2. The van der Waals surface area contributed by atoms with Crippen molar-refractivity contribution in [1.29, 1.82) is 0 Å². The summed E-state index contributed by atoms with van der Waals surface area (Å²) in [5.74, 6) is 1.22. The maximum Gasteiger partial charge on any atom is 0.131 e. The largest absolute Gasteiger partial charge is 0.366 e. The SMILES string of the molecule is CCC1CN(c2cnc(C(C)C)nc2CN)CCN1C. The van der Waals surface area contributed by atoms with Gasteiger partial charge in [-0.25, -0.2) is 9.97 Å². The van der Waals surface area contributed by atoms with Crippen LogP contribution in [0.25, 0.3) is 0 Å². The summed E-state index contributed by atoms with van der Waals surface area (Å²) >= 11 is 0. The zero-order valence-corrected chi connectivity index (χ0v) is 13.1. The van der Waals surface area contributed by atoms with Crippen LogP contribution in [0.4, 0.5) is 5.69 Å². The van der Waals surface area contributed by atoms with Crippen LogP contribution in [0.2, 0.25) is 0 Å². The van der Waals surface area contributed by atoms with E-state index in [0.717, 1.165) is 43.3 Å². The summed E-state index contributed by atoms with van der Waals surface area (Å²) in [6.45, 7) is 10.1. The van der Waals surface area contributed by atoms with Crippen molar-refractivity contribution in [2.45, 2.75) is 45.7 Å². The van der Waals surface area contributed by atoms with Gasteiger partial charge in [-0.15, -0.1) is 0 Å². The van der Waals surface area contributed by atoms with Gasteiger partial charge in [-0.1, -0.05) is 20.8 Å². The molecule has 1 fully saturated rings. The summed E-state index contributed by atoms with van der Waals surface area (Å²) in [6.07, 6.45) is 3.12. The molecule has 2 heterocycles. The van der Waals surface area contributed by atoms with Crippen molar-refractivity contribution in [2.24, 2.45) is 5.73 Å². The van der Waals surface area contributed by atoms with E-state index >= 15 is 0 Å². The van der Waals surface area contributed by atoms with E-state index in [1.165, 1.54) is 0 Å². The molecule has 1 aromatic rings. The van der Waals surface area contributed by atoms with Crippen LogP contribution in [-0.4, -0.2) is 47.6 Å². The molecule has 1 atom stereocenters. The Morgan fingerprint density at radius 2 is 2.15 bits per heavy atom. The second-order valence-corrected chi connectivity index (χ2v) is 5.91. The number of nitrogens with zero attached hydrogens (tertiary/aromatic N) is 4. The van der Waals surface area contributed by atoms with Gasteiger partial charge in [-0.05, 0) is 13.5 Å². The Labute approximate surface area is 122 Å². The van der Waals surface area contributed by atoms with Crippen LogP contribution < -0.4 is 10.6 Å². The first-order valence-corrected chi connectivity index (χ1v) is 7.57. The minimum absolute atomic E-state index is 0.338. The fourth-order valence-electron chi connectivity index (χ4n) is 2.72. The normalized spacial score (nSPS) is 20.7. The molecule has 2 N–H and O–H groups in total. The van der Waals surface area contributed by atoms with E-state index in [4.69, 9.17) is 5.73 Å². The van der Waals surface area contributed by atoms with Crippen LogP contribution in [0, 0.1) is 0 Å². The van der Waals surface area contributed by atoms with Crippen LogP contribution in [0.3, 0.4) is 0 Å². The summed E-state index contributed by atoms with van der Waals surface area (Å²) < 4.78 is 0. The number of nitrogens with two attached hydrogens (primary N) is 1. The van der Waals surface area contributed by atoms with E-state index in [1.807, 2.05) is 6.20 Å².